The summed E-state index contributed by atoms with van der Waals surface area (Å²) < 4.78 is 4.76. The largest absolute Gasteiger partial charge is 0.468 e. The zero-order valence-electron chi connectivity index (χ0n) is 9.55. The fraction of sp³-hybridized carbons (Fsp3) is 0.364. The first-order valence-corrected chi connectivity index (χ1v) is 6.64. The van der Waals surface area contributed by atoms with E-state index >= 15 is 0 Å². The molecule has 2 heterocycles. The van der Waals surface area contributed by atoms with Crippen molar-refractivity contribution in [3.05, 3.63) is 22.4 Å². The maximum atomic E-state index is 11.8. The highest BCUT2D eigenvalue weighted by Crippen LogP contribution is 2.31. The van der Waals surface area contributed by atoms with Crippen molar-refractivity contribution in [1.29, 1.82) is 0 Å². The van der Waals surface area contributed by atoms with Crippen LogP contribution in [0.3, 0.4) is 0 Å². The van der Waals surface area contributed by atoms with Crippen LogP contribution in [0, 0.1) is 5.92 Å². The summed E-state index contributed by atoms with van der Waals surface area (Å²) in [6, 6.07) is 2.76. The Morgan fingerprint density at radius 3 is 3.00 bits per heavy atom. The number of halogens is 1. The third kappa shape index (κ3) is 2.39. The first kappa shape index (κ1) is 13.0. The van der Waals surface area contributed by atoms with Crippen molar-refractivity contribution in [3.63, 3.8) is 0 Å². The standard InChI is InChI=1S/C11H11ClN2O3S/c1-17-10(15)8-6(5-12)13-11(16)14-9(8)7-3-2-4-18-7/h2-4,8-9H,5H2,1H3,(H,14,16). The molecule has 1 aromatic rings. The van der Waals surface area contributed by atoms with E-state index in [9.17, 15) is 9.59 Å². The minimum Gasteiger partial charge on any atom is -0.468 e. The van der Waals surface area contributed by atoms with Gasteiger partial charge in [-0.3, -0.25) is 4.79 Å². The topological polar surface area (TPSA) is 67.8 Å². The number of urea groups is 1. The van der Waals surface area contributed by atoms with Crippen LogP contribution in [0.25, 0.3) is 0 Å². The van der Waals surface area contributed by atoms with Crippen molar-refractivity contribution in [2.24, 2.45) is 10.9 Å². The summed E-state index contributed by atoms with van der Waals surface area (Å²) in [6.07, 6.45) is 0. The number of ether oxygens (including phenoxy) is 1. The number of alkyl halides is 1. The fourth-order valence-electron chi connectivity index (χ4n) is 1.86. The van der Waals surface area contributed by atoms with Crippen molar-refractivity contribution in [2.45, 2.75) is 6.04 Å². The van der Waals surface area contributed by atoms with Crippen molar-refractivity contribution in [3.8, 4) is 0 Å². The zero-order chi connectivity index (χ0) is 13.1. The highest BCUT2D eigenvalue weighted by Gasteiger charge is 2.39. The SMILES string of the molecule is COC(=O)C1C(CCl)=NC(=O)NC1c1cccs1. The lowest BCUT2D eigenvalue weighted by Gasteiger charge is -2.28. The first-order valence-electron chi connectivity index (χ1n) is 5.22. The Morgan fingerprint density at radius 1 is 1.67 bits per heavy atom. The second-order valence-electron chi connectivity index (χ2n) is 3.68. The van der Waals surface area contributed by atoms with Crippen molar-refractivity contribution < 1.29 is 14.3 Å². The molecule has 96 valence electrons. The summed E-state index contributed by atoms with van der Waals surface area (Å²) in [5.74, 6) is -1.09. The predicted octanol–water partition coefficient (Wildman–Crippen LogP) is 1.98. The van der Waals surface area contributed by atoms with Crippen LogP contribution in [-0.4, -0.2) is 30.7 Å². The molecule has 1 N–H and O–H groups in total. The number of thiophene rings is 1. The Labute approximate surface area is 113 Å². The molecule has 2 unspecified atom stereocenters. The van der Waals surface area contributed by atoms with Crippen molar-refractivity contribution >= 4 is 40.6 Å². The van der Waals surface area contributed by atoms with E-state index < -0.39 is 24.0 Å². The summed E-state index contributed by atoms with van der Waals surface area (Å²) in [6.45, 7) is 0. The third-order valence-electron chi connectivity index (χ3n) is 2.66. The highest BCUT2D eigenvalue weighted by molar-refractivity contribution is 7.10. The number of carbonyl (C=O) groups is 2. The van der Waals surface area contributed by atoms with Gasteiger partial charge >= 0.3 is 12.0 Å². The summed E-state index contributed by atoms with van der Waals surface area (Å²) in [7, 11) is 1.30. The molecule has 7 heteroatoms. The minimum atomic E-state index is -0.663. The molecular formula is C11H11ClN2O3S. The van der Waals surface area contributed by atoms with Gasteiger partial charge in [0.05, 0.1) is 24.7 Å². The van der Waals surface area contributed by atoms with Crippen LogP contribution in [0.5, 0.6) is 0 Å². The van der Waals surface area contributed by atoms with Crippen LogP contribution in [0.2, 0.25) is 0 Å². The Bertz CT molecular complexity index is 486. The van der Waals surface area contributed by atoms with Gasteiger partial charge in [-0.2, -0.15) is 0 Å². The Morgan fingerprint density at radius 2 is 2.44 bits per heavy atom. The fourth-order valence-corrected chi connectivity index (χ4v) is 2.90. The molecule has 1 aliphatic rings. The first-order chi connectivity index (χ1) is 8.67. The van der Waals surface area contributed by atoms with Gasteiger partial charge in [-0.05, 0) is 11.4 Å². The van der Waals surface area contributed by atoms with E-state index in [4.69, 9.17) is 16.3 Å². The van der Waals surface area contributed by atoms with E-state index in [0.29, 0.717) is 5.71 Å². The summed E-state index contributed by atoms with van der Waals surface area (Å²) in [5.41, 5.74) is 0.339. The van der Waals surface area contributed by atoms with Gasteiger partial charge in [0.25, 0.3) is 0 Å². The average molecular weight is 287 g/mol. The van der Waals surface area contributed by atoms with E-state index in [0.717, 1.165) is 4.88 Å². The molecule has 0 bridgehead atoms. The number of esters is 1. The molecule has 0 saturated carbocycles. The number of amides is 2. The number of nitrogens with zero attached hydrogens (tertiary/aromatic N) is 1. The molecule has 0 aliphatic carbocycles. The predicted molar refractivity (Wildman–Crippen MR) is 69.3 cm³/mol. The van der Waals surface area contributed by atoms with Gasteiger partial charge in [0.2, 0.25) is 0 Å². The van der Waals surface area contributed by atoms with E-state index in [1.165, 1.54) is 18.4 Å². The van der Waals surface area contributed by atoms with E-state index in [2.05, 4.69) is 10.3 Å². The highest BCUT2D eigenvalue weighted by atomic mass is 35.5. The summed E-state index contributed by atoms with van der Waals surface area (Å²) in [5, 5.41) is 4.55. The van der Waals surface area contributed by atoms with Gasteiger partial charge in [-0.15, -0.1) is 22.9 Å². The molecule has 0 radical (unpaired) electrons. The van der Waals surface area contributed by atoms with Crippen LogP contribution >= 0.6 is 22.9 Å². The van der Waals surface area contributed by atoms with E-state index in [1.807, 2.05) is 17.5 Å². The lowest BCUT2D eigenvalue weighted by atomic mass is 9.92. The normalized spacial score (nSPS) is 23.2. The number of hydrogen-bond acceptors (Lipinski definition) is 4. The number of rotatable bonds is 3. The van der Waals surface area contributed by atoms with Crippen LogP contribution in [0.1, 0.15) is 10.9 Å². The molecule has 0 saturated heterocycles. The number of hydrogen-bond donors (Lipinski definition) is 1. The molecular weight excluding hydrogens is 276 g/mol. The van der Waals surface area contributed by atoms with E-state index in [1.54, 1.807) is 0 Å². The van der Waals surface area contributed by atoms with Crippen molar-refractivity contribution in [2.75, 3.05) is 13.0 Å². The van der Waals surface area contributed by atoms with Gasteiger partial charge in [0.15, 0.2) is 0 Å². The molecule has 2 rings (SSSR count). The van der Waals surface area contributed by atoms with Gasteiger partial charge in [0.1, 0.15) is 5.92 Å². The molecule has 1 aliphatic heterocycles. The summed E-state index contributed by atoms with van der Waals surface area (Å²) >= 11 is 7.21. The van der Waals surface area contributed by atoms with Gasteiger partial charge in [-0.1, -0.05) is 6.07 Å². The molecule has 1 aromatic heterocycles. The second-order valence-corrected chi connectivity index (χ2v) is 4.93. The zero-order valence-corrected chi connectivity index (χ0v) is 11.1. The Hall–Kier alpha value is -1.40. The van der Waals surface area contributed by atoms with Gasteiger partial charge in [-0.25, -0.2) is 9.79 Å². The monoisotopic (exact) mass is 286 g/mol. The lowest BCUT2D eigenvalue weighted by molar-refractivity contribution is -0.143. The Balaban J connectivity index is 2.40. The van der Waals surface area contributed by atoms with Gasteiger partial charge in [0, 0.05) is 4.88 Å². The second kappa shape index (κ2) is 5.49. The molecule has 2 atom stereocenters. The molecule has 5 nitrogen and oxygen atoms in total. The summed E-state index contributed by atoms with van der Waals surface area (Å²) in [4.78, 5) is 28.0. The van der Waals surface area contributed by atoms with E-state index in [-0.39, 0.29) is 5.88 Å². The number of carbonyl (C=O) groups excluding carboxylic acids is 2. The molecule has 0 spiro atoms. The molecule has 2 amide bonds. The number of aliphatic imine (C=N–C) groups is 1. The molecule has 18 heavy (non-hydrogen) atoms. The van der Waals surface area contributed by atoms with Crippen LogP contribution in [0.15, 0.2) is 22.5 Å². The maximum absolute atomic E-state index is 11.8. The maximum Gasteiger partial charge on any atom is 0.341 e. The average Bonchev–Trinajstić information content (AvgIpc) is 2.90. The number of methoxy groups -OCH3 is 1. The number of nitrogens with one attached hydrogen (secondary N) is 1. The molecule has 0 aromatic carbocycles. The Kier molecular flexibility index (Phi) is 3.98. The van der Waals surface area contributed by atoms with Crippen LogP contribution in [0.4, 0.5) is 4.79 Å². The quantitative estimate of drug-likeness (QED) is 0.682. The smallest absolute Gasteiger partial charge is 0.341 e. The van der Waals surface area contributed by atoms with Crippen molar-refractivity contribution in [1.82, 2.24) is 5.32 Å². The lowest BCUT2D eigenvalue weighted by Crippen LogP contribution is -2.45. The third-order valence-corrected chi connectivity index (χ3v) is 3.89. The van der Waals surface area contributed by atoms with Crippen LogP contribution < -0.4 is 5.32 Å². The molecule has 0 fully saturated rings. The minimum absolute atomic E-state index is 0.0229. The van der Waals surface area contributed by atoms with Gasteiger partial charge < -0.3 is 10.1 Å². The van der Waals surface area contributed by atoms with Crippen LogP contribution in [-0.2, 0) is 9.53 Å².